The van der Waals surface area contributed by atoms with Gasteiger partial charge in [0.25, 0.3) is 5.91 Å². The molecule has 1 aliphatic heterocycles. The van der Waals surface area contributed by atoms with Gasteiger partial charge in [-0.1, -0.05) is 42.0 Å². The molecule has 6 nitrogen and oxygen atoms in total. The van der Waals surface area contributed by atoms with Gasteiger partial charge in [0, 0.05) is 5.56 Å². The highest BCUT2D eigenvalue weighted by Gasteiger charge is 2.37. The maximum atomic E-state index is 12.5. The van der Waals surface area contributed by atoms with E-state index in [-0.39, 0.29) is 10.6 Å². The van der Waals surface area contributed by atoms with E-state index in [0.29, 0.717) is 23.0 Å². The molecule has 0 radical (unpaired) electrons. The fourth-order valence-corrected chi connectivity index (χ4v) is 3.73. The van der Waals surface area contributed by atoms with Crippen LogP contribution in [0.25, 0.3) is 11.3 Å². The van der Waals surface area contributed by atoms with Gasteiger partial charge in [0.1, 0.15) is 28.9 Å². The van der Waals surface area contributed by atoms with Gasteiger partial charge in [0.15, 0.2) is 6.17 Å². The third kappa shape index (κ3) is 3.42. The number of rotatable bonds is 4. The van der Waals surface area contributed by atoms with E-state index in [9.17, 15) is 10.1 Å². The second-order valence-corrected chi connectivity index (χ2v) is 7.22. The van der Waals surface area contributed by atoms with E-state index in [2.05, 4.69) is 17.9 Å². The van der Waals surface area contributed by atoms with Gasteiger partial charge in [-0.3, -0.25) is 4.79 Å². The minimum atomic E-state index is -0.697. The summed E-state index contributed by atoms with van der Waals surface area (Å²) in [4.78, 5) is 14.2. The van der Waals surface area contributed by atoms with E-state index >= 15 is 0 Å². The molecule has 1 aromatic heterocycles. The average molecular weight is 417 g/mol. The van der Waals surface area contributed by atoms with Gasteiger partial charge < -0.3 is 19.4 Å². The summed E-state index contributed by atoms with van der Waals surface area (Å²) < 4.78 is 11.6. The van der Waals surface area contributed by atoms with Crippen LogP contribution in [0.4, 0.5) is 5.69 Å². The molecular weight excluding hydrogens is 398 g/mol. The van der Waals surface area contributed by atoms with Gasteiger partial charge in [0.2, 0.25) is 0 Å². The topological polar surface area (TPSA) is 78.5 Å². The van der Waals surface area contributed by atoms with Crippen LogP contribution in [0.15, 0.2) is 75.7 Å². The Balaban J connectivity index is 1.81. The fraction of sp³-hybridized carbons (Fsp3) is 0.130. The molecule has 2 heterocycles. The monoisotopic (exact) mass is 417 g/mol. The van der Waals surface area contributed by atoms with Crippen molar-refractivity contribution in [3.05, 3.63) is 82.6 Å². The Morgan fingerprint density at radius 1 is 1.13 bits per heavy atom. The largest absolute Gasteiger partial charge is 0.495 e. The number of methoxy groups -OCH3 is 1. The predicted molar refractivity (Wildman–Crippen MR) is 117 cm³/mol. The van der Waals surface area contributed by atoms with E-state index in [1.165, 1.54) is 0 Å². The number of nitrogens with one attached hydrogen (secondary N) is 1. The molecule has 3 aromatic rings. The van der Waals surface area contributed by atoms with E-state index in [0.717, 1.165) is 11.1 Å². The molecular formula is C23H19N3O3S. The summed E-state index contributed by atoms with van der Waals surface area (Å²) in [5, 5.41) is 12.5. The van der Waals surface area contributed by atoms with Crippen LogP contribution >= 0.6 is 12.6 Å². The number of aryl methyl sites for hydroxylation is 1. The number of benzene rings is 2. The van der Waals surface area contributed by atoms with E-state index < -0.39 is 12.1 Å². The van der Waals surface area contributed by atoms with Gasteiger partial charge in [-0.15, -0.1) is 12.6 Å². The van der Waals surface area contributed by atoms with Gasteiger partial charge in [0.05, 0.1) is 17.8 Å². The van der Waals surface area contributed by atoms with Crippen LogP contribution in [0.2, 0.25) is 0 Å². The molecule has 0 saturated carbocycles. The third-order valence-corrected chi connectivity index (χ3v) is 5.33. The Hall–Kier alpha value is -3.63. The molecule has 7 heteroatoms. The zero-order chi connectivity index (χ0) is 21.3. The van der Waals surface area contributed by atoms with E-state index in [4.69, 9.17) is 9.15 Å². The van der Waals surface area contributed by atoms with Gasteiger partial charge in [-0.2, -0.15) is 5.26 Å². The number of hydrogen-bond donors (Lipinski definition) is 2. The van der Waals surface area contributed by atoms with Crippen molar-refractivity contribution in [3.8, 4) is 23.1 Å². The number of ether oxygens (including phenoxy) is 1. The number of furan rings is 1. The predicted octanol–water partition coefficient (Wildman–Crippen LogP) is 4.56. The molecule has 150 valence electrons. The average Bonchev–Trinajstić information content (AvgIpc) is 3.24. The lowest BCUT2D eigenvalue weighted by molar-refractivity contribution is -0.118. The van der Waals surface area contributed by atoms with Gasteiger partial charge in [-0.05, 0) is 31.2 Å². The number of anilines is 1. The van der Waals surface area contributed by atoms with Crippen LogP contribution in [0, 0.1) is 18.3 Å². The molecule has 1 aliphatic rings. The number of amides is 1. The Labute approximate surface area is 179 Å². The molecule has 1 unspecified atom stereocenters. The lowest BCUT2D eigenvalue weighted by atomic mass is 10.1. The molecule has 0 bridgehead atoms. The smallest absolute Gasteiger partial charge is 0.266 e. The molecule has 0 saturated heterocycles. The summed E-state index contributed by atoms with van der Waals surface area (Å²) in [6.45, 7) is 2.02. The van der Waals surface area contributed by atoms with Gasteiger partial charge >= 0.3 is 0 Å². The summed E-state index contributed by atoms with van der Waals surface area (Å²) in [5.74, 6) is 1.25. The van der Waals surface area contributed by atoms with E-state index in [1.54, 1.807) is 24.1 Å². The van der Waals surface area contributed by atoms with Crippen molar-refractivity contribution in [1.82, 2.24) is 5.32 Å². The van der Waals surface area contributed by atoms with Crippen LogP contribution in [-0.2, 0) is 4.79 Å². The number of thiol groups is 1. The number of para-hydroxylation sites is 2. The van der Waals surface area contributed by atoms with Crippen molar-refractivity contribution in [2.24, 2.45) is 0 Å². The number of nitrogens with zero attached hydrogens (tertiary/aromatic N) is 2. The van der Waals surface area contributed by atoms with Crippen LogP contribution in [0.1, 0.15) is 17.5 Å². The Morgan fingerprint density at radius 3 is 2.57 bits per heavy atom. The van der Waals surface area contributed by atoms with Crippen molar-refractivity contribution in [2.75, 3.05) is 12.0 Å². The minimum absolute atomic E-state index is 0.0780. The van der Waals surface area contributed by atoms with Crippen LogP contribution < -0.4 is 15.0 Å². The van der Waals surface area contributed by atoms with Crippen LogP contribution in [0.3, 0.4) is 0 Å². The van der Waals surface area contributed by atoms with Crippen molar-refractivity contribution in [1.29, 1.82) is 5.26 Å². The lowest BCUT2D eigenvalue weighted by Gasteiger charge is -2.37. The number of nitriles is 1. The maximum absolute atomic E-state index is 12.5. The number of carbonyl (C=O) groups excluding carboxylic acids is 1. The molecule has 1 amide bonds. The molecule has 30 heavy (non-hydrogen) atoms. The zero-order valence-corrected chi connectivity index (χ0v) is 17.3. The number of carbonyl (C=O) groups is 1. The Morgan fingerprint density at radius 2 is 1.87 bits per heavy atom. The van der Waals surface area contributed by atoms with Crippen LogP contribution in [-0.4, -0.2) is 13.0 Å². The van der Waals surface area contributed by atoms with E-state index in [1.807, 2.05) is 61.5 Å². The summed E-state index contributed by atoms with van der Waals surface area (Å²) in [5.41, 5.74) is 2.65. The first-order valence-electron chi connectivity index (χ1n) is 9.26. The standard InChI is InChI=1S/C23H19N3O3S/c1-14-7-9-15(10-8-14)18-11-12-20(29-18)21-25-22(27)16(13-24)23(30)26(21)17-5-3-4-6-19(17)28-2/h3-12,21,30H,1-2H3,(H,25,27). The Bertz CT molecular complexity index is 1170. The van der Waals surface area contributed by atoms with Crippen LogP contribution in [0.5, 0.6) is 5.75 Å². The molecule has 0 aliphatic carbocycles. The minimum Gasteiger partial charge on any atom is -0.495 e. The highest BCUT2D eigenvalue weighted by molar-refractivity contribution is 7.84. The molecule has 0 spiro atoms. The Kier molecular flexibility index (Phi) is 5.25. The highest BCUT2D eigenvalue weighted by atomic mass is 32.1. The summed E-state index contributed by atoms with van der Waals surface area (Å²) in [7, 11) is 1.56. The summed E-state index contributed by atoms with van der Waals surface area (Å²) in [6, 6.07) is 20.9. The maximum Gasteiger partial charge on any atom is 0.266 e. The quantitative estimate of drug-likeness (QED) is 0.609. The summed E-state index contributed by atoms with van der Waals surface area (Å²) >= 11 is 4.51. The second-order valence-electron chi connectivity index (χ2n) is 6.80. The lowest BCUT2D eigenvalue weighted by Crippen LogP contribution is -2.46. The normalized spacial score (nSPS) is 16.3. The SMILES string of the molecule is COc1ccccc1N1C(S)=C(C#N)C(=O)NC1c1ccc(-c2ccc(C)cc2)o1. The first-order valence-corrected chi connectivity index (χ1v) is 9.71. The fourth-order valence-electron chi connectivity index (χ4n) is 3.36. The molecule has 0 fully saturated rings. The zero-order valence-electron chi connectivity index (χ0n) is 16.4. The first-order chi connectivity index (χ1) is 14.5. The third-order valence-electron chi connectivity index (χ3n) is 4.89. The van der Waals surface area contributed by atoms with Crippen molar-refractivity contribution in [3.63, 3.8) is 0 Å². The first kappa shape index (κ1) is 19.7. The molecule has 1 atom stereocenters. The highest BCUT2D eigenvalue weighted by Crippen LogP contribution is 2.41. The summed E-state index contributed by atoms with van der Waals surface area (Å²) in [6.07, 6.45) is -0.697. The van der Waals surface area contributed by atoms with Crippen molar-refractivity contribution in [2.45, 2.75) is 13.1 Å². The molecule has 2 aromatic carbocycles. The van der Waals surface area contributed by atoms with Gasteiger partial charge in [-0.25, -0.2) is 0 Å². The molecule has 1 N–H and O–H groups in total. The number of hydrogen-bond acceptors (Lipinski definition) is 6. The van der Waals surface area contributed by atoms with Crippen molar-refractivity contribution < 1.29 is 13.9 Å². The van der Waals surface area contributed by atoms with Crippen molar-refractivity contribution >= 4 is 24.2 Å². The second kappa shape index (κ2) is 8.01. The molecule has 4 rings (SSSR count).